The fourth-order valence-electron chi connectivity index (χ4n) is 3.96. The second kappa shape index (κ2) is 12.0. The Labute approximate surface area is 204 Å². The van der Waals surface area contributed by atoms with Crippen molar-refractivity contribution in [3.8, 4) is 0 Å². The minimum absolute atomic E-state index is 0.135. The molecule has 7 nitrogen and oxygen atoms in total. The van der Waals surface area contributed by atoms with Crippen molar-refractivity contribution in [1.29, 1.82) is 0 Å². The van der Waals surface area contributed by atoms with Crippen LogP contribution in [-0.4, -0.2) is 51.0 Å². The Kier molecular flexibility index (Phi) is 9.67. The smallest absolute Gasteiger partial charge is 0.242 e. The highest BCUT2D eigenvalue weighted by atomic mass is 32.2. The average molecular weight is 488 g/mol. The molecule has 0 saturated carbocycles. The van der Waals surface area contributed by atoms with Gasteiger partial charge in [-0.1, -0.05) is 48.9 Å². The Morgan fingerprint density at radius 1 is 1.03 bits per heavy atom. The molecule has 0 fully saturated rings. The molecule has 1 unspecified atom stereocenters. The maximum absolute atomic E-state index is 13.3. The first-order valence-corrected chi connectivity index (χ1v) is 13.4. The van der Waals surface area contributed by atoms with Gasteiger partial charge in [0.05, 0.1) is 11.9 Å². The van der Waals surface area contributed by atoms with Gasteiger partial charge in [0.2, 0.25) is 21.8 Å². The summed E-state index contributed by atoms with van der Waals surface area (Å²) >= 11 is 0. The zero-order chi connectivity index (χ0) is 25.5. The summed E-state index contributed by atoms with van der Waals surface area (Å²) in [6.45, 7) is 8.21. The molecule has 186 valence electrons. The summed E-state index contributed by atoms with van der Waals surface area (Å²) < 4.78 is 26.4. The topological polar surface area (TPSA) is 86.8 Å². The molecule has 2 aromatic rings. The van der Waals surface area contributed by atoms with E-state index in [0.717, 1.165) is 22.3 Å². The number of aryl methyl sites for hydroxylation is 2. The Bertz CT molecular complexity index is 1100. The van der Waals surface area contributed by atoms with Crippen molar-refractivity contribution in [2.45, 2.75) is 59.5 Å². The lowest BCUT2D eigenvalue weighted by molar-refractivity contribution is -0.141. The van der Waals surface area contributed by atoms with Gasteiger partial charge >= 0.3 is 0 Å². The standard InChI is InChI=1S/C26H37N3O4S/c1-7-23(26(31)27-5)28(18-22-15-13-19(2)14-16-22)25(30)12-9-17-29(34(6,32)33)24-11-8-10-20(3)21(24)4/h8,10-11,13-16,23H,7,9,12,17-18H2,1-6H3,(H,27,31). The molecule has 8 heteroatoms. The van der Waals surface area contributed by atoms with Gasteiger partial charge in [0.1, 0.15) is 6.04 Å². The molecule has 0 radical (unpaired) electrons. The molecule has 2 rings (SSSR count). The third-order valence-electron chi connectivity index (χ3n) is 6.10. The number of likely N-dealkylation sites (N-methyl/N-ethyl adjacent to an activating group) is 1. The first-order chi connectivity index (χ1) is 16.0. The highest BCUT2D eigenvalue weighted by Crippen LogP contribution is 2.25. The third-order valence-corrected chi connectivity index (χ3v) is 7.28. The minimum atomic E-state index is -3.52. The van der Waals surface area contributed by atoms with Crippen LogP contribution >= 0.6 is 0 Å². The summed E-state index contributed by atoms with van der Waals surface area (Å²) in [7, 11) is -1.96. The molecule has 1 N–H and O–H groups in total. The minimum Gasteiger partial charge on any atom is -0.357 e. The van der Waals surface area contributed by atoms with E-state index in [1.54, 1.807) is 18.0 Å². The number of amides is 2. The van der Waals surface area contributed by atoms with Gasteiger partial charge in [0.25, 0.3) is 0 Å². The number of nitrogens with zero attached hydrogens (tertiary/aromatic N) is 2. The number of anilines is 1. The predicted molar refractivity (Wildman–Crippen MR) is 137 cm³/mol. The zero-order valence-corrected chi connectivity index (χ0v) is 21.9. The highest BCUT2D eigenvalue weighted by Gasteiger charge is 2.28. The molecule has 0 spiro atoms. The monoisotopic (exact) mass is 487 g/mol. The van der Waals surface area contributed by atoms with Crippen LogP contribution in [0.15, 0.2) is 42.5 Å². The van der Waals surface area contributed by atoms with Crippen LogP contribution < -0.4 is 9.62 Å². The van der Waals surface area contributed by atoms with E-state index in [1.807, 2.05) is 64.1 Å². The maximum Gasteiger partial charge on any atom is 0.242 e. The number of sulfonamides is 1. The number of benzene rings is 2. The molecule has 34 heavy (non-hydrogen) atoms. The average Bonchev–Trinajstić information content (AvgIpc) is 2.79. The number of hydrogen-bond acceptors (Lipinski definition) is 4. The van der Waals surface area contributed by atoms with Crippen molar-refractivity contribution in [2.75, 3.05) is 24.2 Å². The van der Waals surface area contributed by atoms with E-state index in [9.17, 15) is 18.0 Å². The number of hydrogen-bond donors (Lipinski definition) is 1. The van der Waals surface area contributed by atoms with Gasteiger partial charge in [-0.25, -0.2) is 8.42 Å². The lowest BCUT2D eigenvalue weighted by Gasteiger charge is -2.31. The van der Waals surface area contributed by atoms with Crippen LogP contribution in [0.25, 0.3) is 0 Å². The van der Waals surface area contributed by atoms with Crippen molar-refractivity contribution < 1.29 is 18.0 Å². The molecule has 2 amide bonds. The molecule has 0 heterocycles. The van der Waals surface area contributed by atoms with Crippen molar-refractivity contribution in [3.63, 3.8) is 0 Å². The van der Waals surface area contributed by atoms with Crippen LogP contribution in [0.3, 0.4) is 0 Å². The summed E-state index contributed by atoms with van der Waals surface area (Å²) in [6, 6.07) is 12.8. The lowest BCUT2D eigenvalue weighted by Crippen LogP contribution is -2.48. The SMILES string of the molecule is CCC(C(=O)NC)N(Cc1ccc(C)cc1)C(=O)CCCN(c1cccc(C)c1C)S(C)(=O)=O. The molecule has 1 atom stereocenters. The highest BCUT2D eigenvalue weighted by molar-refractivity contribution is 7.92. The van der Waals surface area contributed by atoms with Crippen LogP contribution in [0.1, 0.15) is 48.4 Å². The molecule has 0 aliphatic heterocycles. The number of nitrogens with one attached hydrogen (secondary N) is 1. The van der Waals surface area contributed by atoms with Crippen LogP contribution in [-0.2, 0) is 26.2 Å². The Hall–Kier alpha value is -2.87. The van der Waals surface area contributed by atoms with E-state index in [2.05, 4.69) is 5.32 Å². The van der Waals surface area contributed by atoms with Gasteiger partial charge in [-0.2, -0.15) is 0 Å². The fraction of sp³-hybridized carbons (Fsp3) is 0.462. The fourth-order valence-corrected chi connectivity index (χ4v) is 4.98. The van der Waals surface area contributed by atoms with E-state index >= 15 is 0 Å². The summed E-state index contributed by atoms with van der Waals surface area (Å²) in [6.07, 6.45) is 2.14. The zero-order valence-electron chi connectivity index (χ0n) is 21.1. The molecule has 2 aromatic carbocycles. The van der Waals surface area contributed by atoms with Gasteiger partial charge < -0.3 is 10.2 Å². The van der Waals surface area contributed by atoms with Crippen LogP contribution in [0.4, 0.5) is 5.69 Å². The number of rotatable bonds is 11. The van der Waals surface area contributed by atoms with Gasteiger partial charge in [-0.3, -0.25) is 13.9 Å². The number of carbonyl (C=O) groups excluding carboxylic acids is 2. The maximum atomic E-state index is 13.3. The molecule has 0 saturated heterocycles. The van der Waals surface area contributed by atoms with Crippen LogP contribution in [0.5, 0.6) is 0 Å². The predicted octanol–water partition coefficient (Wildman–Crippen LogP) is 3.71. The Morgan fingerprint density at radius 3 is 2.24 bits per heavy atom. The van der Waals surface area contributed by atoms with Gasteiger partial charge in [-0.05, 0) is 56.4 Å². The normalized spacial score (nSPS) is 12.2. The van der Waals surface area contributed by atoms with E-state index in [1.165, 1.54) is 10.6 Å². The second-order valence-electron chi connectivity index (χ2n) is 8.70. The van der Waals surface area contributed by atoms with E-state index in [0.29, 0.717) is 25.1 Å². The third kappa shape index (κ3) is 7.06. The van der Waals surface area contributed by atoms with Crippen molar-refractivity contribution in [2.24, 2.45) is 0 Å². The summed E-state index contributed by atoms with van der Waals surface area (Å²) in [4.78, 5) is 27.4. The number of carbonyl (C=O) groups is 2. The van der Waals surface area contributed by atoms with Gasteiger partial charge in [0, 0.05) is 26.6 Å². The molecule has 0 aromatic heterocycles. The van der Waals surface area contributed by atoms with E-state index in [4.69, 9.17) is 0 Å². The van der Waals surface area contributed by atoms with E-state index in [-0.39, 0.29) is 24.8 Å². The molecule has 0 aliphatic rings. The Balaban J connectivity index is 2.21. The summed E-state index contributed by atoms with van der Waals surface area (Å²) in [5, 5.41) is 2.65. The summed E-state index contributed by atoms with van der Waals surface area (Å²) in [5.41, 5.74) is 4.58. The first kappa shape index (κ1) is 27.4. The molecular weight excluding hydrogens is 450 g/mol. The van der Waals surface area contributed by atoms with Gasteiger partial charge in [-0.15, -0.1) is 0 Å². The quantitative estimate of drug-likeness (QED) is 0.523. The van der Waals surface area contributed by atoms with Crippen molar-refractivity contribution in [1.82, 2.24) is 10.2 Å². The van der Waals surface area contributed by atoms with Crippen molar-refractivity contribution >= 4 is 27.5 Å². The van der Waals surface area contributed by atoms with Crippen molar-refractivity contribution in [3.05, 3.63) is 64.7 Å². The Morgan fingerprint density at radius 2 is 1.68 bits per heavy atom. The van der Waals surface area contributed by atoms with Crippen LogP contribution in [0.2, 0.25) is 0 Å². The lowest BCUT2D eigenvalue weighted by atomic mass is 10.1. The first-order valence-electron chi connectivity index (χ1n) is 11.6. The molecule has 0 bridgehead atoms. The molecule has 0 aliphatic carbocycles. The van der Waals surface area contributed by atoms with E-state index < -0.39 is 16.1 Å². The largest absolute Gasteiger partial charge is 0.357 e. The molecular formula is C26H37N3O4S. The van der Waals surface area contributed by atoms with Crippen LogP contribution in [0, 0.1) is 20.8 Å². The summed E-state index contributed by atoms with van der Waals surface area (Å²) in [5.74, 6) is -0.387. The van der Waals surface area contributed by atoms with Gasteiger partial charge in [0.15, 0.2) is 0 Å². The second-order valence-corrected chi connectivity index (χ2v) is 10.6.